The fourth-order valence-electron chi connectivity index (χ4n) is 3.35. The molecule has 0 saturated carbocycles. The second kappa shape index (κ2) is 5.74. The highest BCUT2D eigenvalue weighted by atomic mass is 16.2. The summed E-state index contributed by atoms with van der Waals surface area (Å²) in [6.07, 6.45) is 2.88. The van der Waals surface area contributed by atoms with Crippen LogP contribution in [0, 0.1) is 11.8 Å². The van der Waals surface area contributed by atoms with Gasteiger partial charge in [-0.05, 0) is 43.3 Å². The minimum absolute atomic E-state index is 0.291. The normalized spacial score (nSPS) is 26.8. The van der Waals surface area contributed by atoms with Crippen LogP contribution in [0.25, 0.3) is 0 Å². The first kappa shape index (κ1) is 12.7. The summed E-state index contributed by atoms with van der Waals surface area (Å²) >= 11 is 0. The highest BCUT2D eigenvalue weighted by Gasteiger charge is 2.31. The Morgan fingerprint density at radius 2 is 1.74 bits per heavy atom. The number of nitrogens with one attached hydrogen (secondary N) is 1. The van der Waals surface area contributed by atoms with Gasteiger partial charge in [-0.3, -0.25) is 4.79 Å². The van der Waals surface area contributed by atoms with E-state index in [2.05, 4.69) is 10.2 Å². The van der Waals surface area contributed by atoms with Crippen molar-refractivity contribution >= 4 is 5.91 Å². The van der Waals surface area contributed by atoms with Crippen LogP contribution in [-0.2, 0) is 11.2 Å². The summed E-state index contributed by atoms with van der Waals surface area (Å²) in [6.45, 7) is 4.17. The monoisotopic (exact) mass is 258 g/mol. The first-order valence-electron chi connectivity index (χ1n) is 7.35. The Kier molecular flexibility index (Phi) is 3.83. The number of hydrogen-bond donors (Lipinski definition) is 1. The maximum Gasteiger partial charge on any atom is 0.226 e. The lowest BCUT2D eigenvalue weighted by Gasteiger charge is -2.21. The third-order valence-corrected chi connectivity index (χ3v) is 4.57. The number of carbonyl (C=O) groups is 1. The molecule has 0 bridgehead atoms. The molecule has 2 heterocycles. The van der Waals surface area contributed by atoms with Crippen LogP contribution in [0.3, 0.4) is 0 Å². The van der Waals surface area contributed by atoms with E-state index in [1.54, 1.807) is 0 Å². The highest BCUT2D eigenvalue weighted by molar-refractivity contribution is 5.78. The zero-order valence-electron chi connectivity index (χ0n) is 11.3. The van der Waals surface area contributed by atoms with Crippen LogP contribution in [0.4, 0.5) is 0 Å². The molecule has 1 aromatic rings. The van der Waals surface area contributed by atoms with Gasteiger partial charge in [-0.15, -0.1) is 0 Å². The third kappa shape index (κ3) is 2.98. The van der Waals surface area contributed by atoms with Crippen molar-refractivity contribution in [2.75, 3.05) is 26.2 Å². The molecule has 3 nitrogen and oxygen atoms in total. The molecule has 19 heavy (non-hydrogen) atoms. The van der Waals surface area contributed by atoms with Gasteiger partial charge in [0.05, 0.1) is 6.42 Å². The SMILES string of the molecule is O=C(Cc1ccccc1)N1CC[C@@H]2CNC[C@@H]2CC1. The molecule has 0 aromatic heterocycles. The van der Waals surface area contributed by atoms with Crippen molar-refractivity contribution < 1.29 is 4.79 Å². The quantitative estimate of drug-likeness (QED) is 0.875. The molecular formula is C16H22N2O. The topological polar surface area (TPSA) is 32.3 Å². The molecule has 1 amide bonds. The molecule has 0 aliphatic carbocycles. The average molecular weight is 258 g/mol. The van der Waals surface area contributed by atoms with Gasteiger partial charge in [-0.25, -0.2) is 0 Å². The molecular weight excluding hydrogens is 236 g/mol. The predicted octanol–water partition coefficient (Wildman–Crippen LogP) is 1.69. The number of amides is 1. The summed E-state index contributed by atoms with van der Waals surface area (Å²) in [4.78, 5) is 14.4. The summed E-state index contributed by atoms with van der Waals surface area (Å²) in [5.74, 6) is 1.86. The fourth-order valence-corrected chi connectivity index (χ4v) is 3.35. The van der Waals surface area contributed by atoms with Gasteiger partial charge in [0, 0.05) is 13.1 Å². The van der Waals surface area contributed by atoms with Gasteiger partial charge >= 0.3 is 0 Å². The van der Waals surface area contributed by atoms with E-state index in [4.69, 9.17) is 0 Å². The van der Waals surface area contributed by atoms with Gasteiger partial charge in [0.25, 0.3) is 0 Å². The van der Waals surface area contributed by atoms with Gasteiger partial charge in [-0.2, -0.15) is 0 Å². The lowest BCUT2D eigenvalue weighted by molar-refractivity contribution is -0.130. The molecule has 1 N–H and O–H groups in total. The van der Waals surface area contributed by atoms with E-state index in [1.807, 2.05) is 30.3 Å². The molecule has 3 rings (SSSR count). The van der Waals surface area contributed by atoms with Gasteiger partial charge in [0.15, 0.2) is 0 Å². The lowest BCUT2D eigenvalue weighted by atomic mass is 9.92. The molecule has 2 aliphatic heterocycles. The van der Waals surface area contributed by atoms with E-state index in [1.165, 1.54) is 0 Å². The Morgan fingerprint density at radius 3 is 2.37 bits per heavy atom. The highest BCUT2D eigenvalue weighted by Crippen LogP contribution is 2.27. The van der Waals surface area contributed by atoms with Crippen molar-refractivity contribution in [1.82, 2.24) is 10.2 Å². The number of benzene rings is 1. The van der Waals surface area contributed by atoms with Crippen LogP contribution in [0.2, 0.25) is 0 Å². The van der Waals surface area contributed by atoms with Crippen molar-refractivity contribution in [2.45, 2.75) is 19.3 Å². The van der Waals surface area contributed by atoms with E-state index < -0.39 is 0 Å². The van der Waals surface area contributed by atoms with Crippen LogP contribution in [0.15, 0.2) is 30.3 Å². The molecule has 2 fully saturated rings. The molecule has 2 aliphatic rings. The van der Waals surface area contributed by atoms with Gasteiger partial charge in [-0.1, -0.05) is 30.3 Å². The van der Waals surface area contributed by atoms with Crippen LogP contribution >= 0.6 is 0 Å². The fraction of sp³-hybridized carbons (Fsp3) is 0.562. The number of rotatable bonds is 2. The van der Waals surface area contributed by atoms with Gasteiger partial charge in [0.1, 0.15) is 0 Å². The standard InChI is InChI=1S/C16H22N2O/c19-16(10-13-4-2-1-3-5-13)18-8-6-14-11-17-12-15(14)7-9-18/h1-5,14-15,17H,6-12H2/t14-,15+. The second-order valence-electron chi connectivity index (χ2n) is 5.80. The molecule has 0 unspecified atom stereocenters. The predicted molar refractivity (Wildman–Crippen MR) is 75.8 cm³/mol. The Balaban J connectivity index is 1.58. The van der Waals surface area contributed by atoms with Crippen molar-refractivity contribution in [3.63, 3.8) is 0 Å². The molecule has 0 spiro atoms. The van der Waals surface area contributed by atoms with Crippen LogP contribution in [0.1, 0.15) is 18.4 Å². The van der Waals surface area contributed by atoms with Crippen molar-refractivity contribution in [3.05, 3.63) is 35.9 Å². The lowest BCUT2D eigenvalue weighted by Crippen LogP contribution is -2.33. The zero-order chi connectivity index (χ0) is 13.1. The minimum Gasteiger partial charge on any atom is -0.342 e. The maximum atomic E-state index is 12.4. The Morgan fingerprint density at radius 1 is 1.11 bits per heavy atom. The van der Waals surface area contributed by atoms with Crippen LogP contribution in [0.5, 0.6) is 0 Å². The minimum atomic E-state index is 0.291. The molecule has 1 aromatic carbocycles. The Labute approximate surface area is 115 Å². The van der Waals surface area contributed by atoms with Gasteiger partial charge < -0.3 is 10.2 Å². The molecule has 0 radical (unpaired) electrons. The molecule has 102 valence electrons. The van der Waals surface area contributed by atoms with E-state index in [0.29, 0.717) is 12.3 Å². The summed E-state index contributed by atoms with van der Waals surface area (Å²) in [5.41, 5.74) is 1.12. The summed E-state index contributed by atoms with van der Waals surface area (Å²) in [7, 11) is 0. The summed E-state index contributed by atoms with van der Waals surface area (Å²) in [5, 5.41) is 3.47. The first-order valence-corrected chi connectivity index (χ1v) is 7.35. The molecule has 3 heteroatoms. The summed E-state index contributed by atoms with van der Waals surface area (Å²) < 4.78 is 0. The Bertz CT molecular complexity index is 418. The second-order valence-corrected chi connectivity index (χ2v) is 5.80. The number of fused-ring (bicyclic) bond motifs is 1. The largest absolute Gasteiger partial charge is 0.342 e. The van der Waals surface area contributed by atoms with Crippen LogP contribution < -0.4 is 5.32 Å². The van der Waals surface area contributed by atoms with E-state index in [9.17, 15) is 4.79 Å². The van der Waals surface area contributed by atoms with Crippen molar-refractivity contribution in [3.8, 4) is 0 Å². The van der Waals surface area contributed by atoms with Gasteiger partial charge in [0.2, 0.25) is 5.91 Å². The number of carbonyl (C=O) groups excluding carboxylic acids is 1. The first-order chi connectivity index (χ1) is 9.33. The maximum absolute atomic E-state index is 12.4. The Hall–Kier alpha value is -1.35. The van der Waals surface area contributed by atoms with Crippen molar-refractivity contribution in [2.24, 2.45) is 11.8 Å². The average Bonchev–Trinajstić information content (AvgIpc) is 2.78. The van der Waals surface area contributed by atoms with E-state index in [0.717, 1.165) is 56.4 Å². The van der Waals surface area contributed by atoms with E-state index in [-0.39, 0.29) is 0 Å². The van der Waals surface area contributed by atoms with E-state index >= 15 is 0 Å². The number of hydrogen-bond acceptors (Lipinski definition) is 2. The third-order valence-electron chi connectivity index (χ3n) is 4.57. The zero-order valence-corrected chi connectivity index (χ0v) is 11.3. The number of likely N-dealkylation sites (tertiary alicyclic amines) is 1. The smallest absolute Gasteiger partial charge is 0.226 e. The van der Waals surface area contributed by atoms with Crippen LogP contribution in [-0.4, -0.2) is 37.0 Å². The molecule has 2 atom stereocenters. The van der Waals surface area contributed by atoms with Crippen molar-refractivity contribution in [1.29, 1.82) is 0 Å². The summed E-state index contributed by atoms with van der Waals surface area (Å²) in [6, 6.07) is 10.1. The number of nitrogens with zero attached hydrogens (tertiary/aromatic N) is 1. The molecule has 2 saturated heterocycles.